The molecule has 0 aromatic heterocycles. The van der Waals surface area contributed by atoms with Crippen molar-refractivity contribution in [1.82, 2.24) is 0 Å². The van der Waals surface area contributed by atoms with E-state index >= 15 is 0 Å². The van der Waals surface area contributed by atoms with E-state index in [9.17, 15) is 10.1 Å². The number of ether oxygens (including phenoxy) is 2. The Bertz CT molecular complexity index is 696. The van der Waals surface area contributed by atoms with Crippen LogP contribution in [0.4, 0.5) is 0 Å². The monoisotopic (exact) mass is 284 g/mol. The molecule has 1 aliphatic rings. The quantitative estimate of drug-likeness (QED) is 0.842. The van der Waals surface area contributed by atoms with Gasteiger partial charge < -0.3 is 15.2 Å². The van der Waals surface area contributed by atoms with Crippen LogP contribution in [0.25, 0.3) is 0 Å². The van der Waals surface area contributed by atoms with Crippen LogP contribution >= 0.6 is 0 Å². The zero-order valence-electron chi connectivity index (χ0n) is 12.1. The maximum absolute atomic E-state index is 12.1. The summed E-state index contributed by atoms with van der Waals surface area (Å²) >= 11 is 0. The summed E-state index contributed by atoms with van der Waals surface area (Å²) in [6.07, 6.45) is 0. The molecule has 1 aromatic rings. The molecule has 0 aliphatic carbocycles. The van der Waals surface area contributed by atoms with Gasteiger partial charge in [0.1, 0.15) is 17.4 Å². The third kappa shape index (κ3) is 2.48. The molecule has 0 amide bonds. The summed E-state index contributed by atoms with van der Waals surface area (Å²) in [7, 11) is 1.30. The first kappa shape index (κ1) is 14.7. The molecule has 0 saturated heterocycles. The average Bonchev–Trinajstić information content (AvgIpc) is 2.46. The molecule has 2 rings (SSSR count). The fourth-order valence-electron chi connectivity index (χ4n) is 2.48. The molecule has 1 aliphatic heterocycles. The molecular formula is C16H16N2O3. The van der Waals surface area contributed by atoms with E-state index in [1.807, 2.05) is 37.3 Å². The molecule has 108 valence electrons. The van der Waals surface area contributed by atoms with Gasteiger partial charge in [-0.05, 0) is 25.0 Å². The van der Waals surface area contributed by atoms with Gasteiger partial charge in [0.25, 0.3) is 0 Å². The van der Waals surface area contributed by atoms with Crippen molar-refractivity contribution < 1.29 is 14.3 Å². The molecule has 2 N–H and O–H groups in total. The Hall–Kier alpha value is -2.74. The Kier molecular flexibility index (Phi) is 3.99. The SMILES string of the molecule is COC(=O)C1=C(C)OC(N)=C(C#N)C1c1ccccc1C. The van der Waals surface area contributed by atoms with Gasteiger partial charge in [0, 0.05) is 0 Å². The molecule has 0 bridgehead atoms. The molecule has 0 fully saturated rings. The average molecular weight is 284 g/mol. The number of hydrogen-bond donors (Lipinski definition) is 1. The van der Waals surface area contributed by atoms with Crippen molar-refractivity contribution in [3.8, 4) is 6.07 Å². The fraction of sp³-hybridized carbons (Fsp3) is 0.250. The number of nitriles is 1. The molecule has 0 saturated carbocycles. The minimum absolute atomic E-state index is 0.0240. The Morgan fingerprint density at radius 3 is 2.62 bits per heavy atom. The molecule has 1 aromatic carbocycles. The van der Waals surface area contributed by atoms with Gasteiger partial charge in [-0.1, -0.05) is 24.3 Å². The summed E-state index contributed by atoms with van der Waals surface area (Å²) in [5.41, 5.74) is 8.12. The Morgan fingerprint density at radius 2 is 2.05 bits per heavy atom. The van der Waals surface area contributed by atoms with E-state index in [-0.39, 0.29) is 11.5 Å². The Morgan fingerprint density at radius 1 is 1.38 bits per heavy atom. The number of esters is 1. The Balaban J connectivity index is 2.70. The van der Waals surface area contributed by atoms with Crippen molar-refractivity contribution in [3.05, 3.63) is 58.2 Å². The maximum Gasteiger partial charge on any atom is 0.338 e. The zero-order valence-corrected chi connectivity index (χ0v) is 12.1. The molecule has 0 spiro atoms. The highest BCUT2D eigenvalue weighted by molar-refractivity contribution is 5.92. The number of nitrogens with zero attached hydrogens (tertiary/aromatic N) is 1. The van der Waals surface area contributed by atoms with Gasteiger partial charge in [-0.25, -0.2) is 4.79 Å². The van der Waals surface area contributed by atoms with E-state index < -0.39 is 11.9 Å². The first-order chi connectivity index (χ1) is 10.0. The van der Waals surface area contributed by atoms with Crippen LogP contribution in [0.1, 0.15) is 24.0 Å². The number of nitrogens with two attached hydrogens (primary N) is 1. The molecule has 5 nitrogen and oxygen atoms in total. The predicted octanol–water partition coefficient (Wildman–Crippen LogP) is 2.25. The second-order valence-electron chi connectivity index (χ2n) is 4.74. The van der Waals surface area contributed by atoms with E-state index in [1.165, 1.54) is 7.11 Å². The lowest BCUT2D eigenvalue weighted by Gasteiger charge is -2.27. The zero-order chi connectivity index (χ0) is 15.6. The second kappa shape index (κ2) is 5.71. The fourth-order valence-corrected chi connectivity index (χ4v) is 2.48. The van der Waals surface area contributed by atoms with E-state index in [1.54, 1.807) is 6.92 Å². The molecule has 0 radical (unpaired) electrons. The van der Waals surface area contributed by atoms with Crippen LogP contribution in [-0.4, -0.2) is 13.1 Å². The van der Waals surface area contributed by atoms with Crippen molar-refractivity contribution in [2.24, 2.45) is 5.73 Å². The smallest absolute Gasteiger partial charge is 0.338 e. The predicted molar refractivity (Wildman–Crippen MR) is 76.5 cm³/mol. The second-order valence-corrected chi connectivity index (χ2v) is 4.74. The van der Waals surface area contributed by atoms with Crippen LogP contribution in [0.15, 0.2) is 47.1 Å². The van der Waals surface area contributed by atoms with Crippen LogP contribution < -0.4 is 5.73 Å². The van der Waals surface area contributed by atoms with Gasteiger partial charge in [-0.15, -0.1) is 0 Å². The molecule has 1 unspecified atom stereocenters. The van der Waals surface area contributed by atoms with Gasteiger partial charge >= 0.3 is 5.97 Å². The van der Waals surface area contributed by atoms with Crippen LogP contribution in [-0.2, 0) is 14.3 Å². The van der Waals surface area contributed by atoms with Gasteiger partial charge in [0.05, 0.1) is 18.6 Å². The van der Waals surface area contributed by atoms with Crippen molar-refractivity contribution in [2.45, 2.75) is 19.8 Å². The number of aryl methyl sites for hydroxylation is 1. The minimum atomic E-state index is -0.572. The summed E-state index contributed by atoms with van der Waals surface area (Å²) < 4.78 is 10.2. The van der Waals surface area contributed by atoms with Crippen LogP contribution in [0, 0.1) is 18.3 Å². The summed E-state index contributed by atoms with van der Waals surface area (Å²) in [5, 5.41) is 9.40. The van der Waals surface area contributed by atoms with Crippen LogP contribution in [0.2, 0.25) is 0 Å². The molecule has 5 heteroatoms. The van der Waals surface area contributed by atoms with E-state index in [0.29, 0.717) is 11.3 Å². The highest BCUT2D eigenvalue weighted by Crippen LogP contribution is 2.40. The lowest BCUT2D eigenvalue weighted by Crippen LogP contribution is -2.25. The van der Waals surface area contributed by atoms with Crippen molar-refractivity contribution in [1.29, 1.82) is 5.26 Å². The van der Waals surface area contributed by atoms with E-state index in [4.69, 9.17) is 15.2 Å². The van der Waals surface area contributed by atoms with Crippen LogP contribution in [0.5, 0.6) is 0 Å². The lowest BCUT2D eigenvalue weighted by atomic mass is 9.81. The number of carbonyl (C=O) groups is 1. The third-order valence-electron chi connectivity index (χ3n) is 3.51. The first-order valence-corrected chi connectivity index (χ1v) is 6.43. The number of benzene rings is 1. The standard InChI is InChI=1S/C16H16N2O3/c1-9-6-4-5-7-11(9)14-12(8-17)15(18)21-10(2)13(14)16(19)20-3/h4-7,14H,18H2,1-3H3. The van der Waals surface area contributed by atoms with Gasteiger partial charge in [-0.2, -0.15) is 5.26 Å². The topological polar surface area (TPSA) is 85.3 Å². The molecule has 1 heterocycles. The minimum Gasteiger partial charge on any atom is -0.466 e. The van der Waals surface area contributed by atoms with Crippen molar-refractivity contribution >= 4 is 5.97 Å². The summed E-state index contributed by atoms with van der Waals surface area (Å²) in [5.74, 6) is -0.721. The van der Waals surface area contributed by atoms with Crippen molar-refractivity contribution in [3.63, 3.8) is 0 Å². The number of carbonyl (C=O) groups excluding carboxylic acids is 1. The summed E-state index contributed by atoms with van der Waals surface area (Å²) in [6, 6.07) is 9.58. The van der Waals surface area contributed by atoms with Gasteiger partial charge in [0.2, 0.25) is 5.88 Å². The van der Waals surface area contributed by atoms with E-state index in [0.717, 1.165) is 11.1 Å². The molecule has 1 atom stereocenters. The highest BCUT2D eigenvalue weighted by Gasteiger charge is 2.36. The van der Waals surface area contributed by atoms with Crippen molar-refractivity contribution in [2.75, 3.05) is 7.11 Å². The number of hydrogen-bond acceptors (Lipinski definition) is 5. The number of methoxy groups -OCH3 is 1. The van der Waals surface area contributed by atoms with Gasteiger partial charge in [-0.3, -0.25) is 0 Å². The molecule has 21 heavy (non-hydrogen) atoms. The van der Waals surface area contributed by atoms with E-state index in [2.05, 4.69) is 0 Å². The largest absolute Gasteiger partial charge is 0.466 e. The summed E-state index contributed by atoms with van der Waals surface area (Å²) in [6.45, 7) is 3.55. The van der Waals surface area contributed by atoms with Gasteiger partial charge in [0.15, 0.2) is 0 Å². The molecular weight excluding hydrogens is 268 g/mol. The normalized spacial score (nSPS) is 18.1. The summed E-state index contributed by atoms with van der Waals surface area (Å²) in [4.78, 5) is 12.1. The number of rotatable bonds is 2. The Labute approximate surface area is 123 Å². The maximum atomic E-state index is 12.1. The third-order valence-corrected chi connectivity index (χ3v) is 3.51. The number of allylic oxidation sites excluding steroid dienone is 2. The lowest BCUT2D eigenvalue weighted by molar-refractivity contribution is -0.136. The van der Waals surface area contributed by atoms with Crippen LogP contribution in [0.3, 0.4) is 0 Å². The highest BCUT2D eigenvalue weighted by atomic mass is 16.5. The first-order valence-electron chi connectivity index (χ1n) is 6.43.